The van der Waals surface area contributed by atoms with E-state index in [0.717, 1.165) is 41.2 Å². The number of amides is 2. The van der Waals surface area contributed by atoms with Gasteiger partial charge in [-0.15, -0.1) is 0 Å². The molecule has 5 heteroatoms. The summed E-state index contributed by atoms with van der Waals surface area (Å²) in [4.78, 5) is 25.8. The van der Waals surface area contributed by atoms with Crippen LogP contribution in [0.3, 0.4) is 0 Å². The van der Waals surface area contributed by atoms with Crippen molar-refractivity contribution in [3.8, 4) is 11.3 Å². The molecule has 156 valence electrons. The summed E-state index contributed by atoms with van der Waals surface area (Å²) in [7, 11) is 0. The van der Waals surface area contributed by atoms with Crippen LogP contribution in [0.15, 0.2) is 34.7 Å². The van der Waals surface area contributed by atoms with Crippen molar-refractivity contribution in [1.29, 1.82) is 0 Å². The van der Waals surface area contributed by atoms with E-state index >= 15 is 0 Å². The van der Waals surface area contributed by atoms with Crippen molar-refractivity contribution in [2.75, 3.05) is 11.9 Å². The molecule has 1 aromatic carbocycles. The predicted molar refractivity (Wildman–Crippen MR) is 115 cm³/mol. The van der Waals surface area contributed by atoms with Crippen LogP contribution >= 0.6 is 0 Å². The largest absolute Gasteiger partial charge is 0.461 e. The minimum atomic E-state index is 0.0484. The van der Waals surface area contributed by atoms with Crippen LogP contribution in [0.5, 0.6) is 0 Å². The molecule has 3 rings (SSSR count). The Labute approximate surface area is 173 Å². The second-order valence-electron chi connectivity index (χ2n) is 9.45. The lowest BCUT2D eigenvalue weighted by Crippen LogP contribution is -2.33. The molecule has 1 aromatic heterocycles. The van der Waals surface area contributed by atoms with Crippen LogP contribution in [-0.2, 0) is 22.6 Å². The van der Waals surface area contributed by atoms with Crippen molar-refractivity contribution < 1.29 is 14.0 Å². The summed E-state index contributed by atoms with van der Waals surface area (Å²) in [5, 5.41) is 2.99. The Balaban J connectivity index is 1.61. The SMILES string of the molecule is CC(=O)N1CCc2oc(-c3ccc(NC(=O)CC(C)CC(C)(C)C)cc3)cc2C1. The van der Waals surface area contributed by atoms with E-state index in [0.29, 0.717) is 25.4 Å². The zero-order valence-electron chi connectivity index (χ0n) is 18.2. The third kappa shape index (κ3) is 5.72. The Hall–Kier alpha value is -2.56. The van der Waals surface area contributed by atoms with E-state index in [1.54, 1.807) is 6.92 Å². The maximum Gasteiger partial charge on any atom is 0.224 e. The molecule has 29 heavy (non-hydrogen) atoms. The summed E-state index contributed by atoms with van der Waals surface area (Å²) in [5.74, 6) is 2.25. The number of nitrogens with zero attached hydrogens (tertiary/aromatic N) is 1. The highest BCUT2D eigenvalue weighted by atomic mass is 16.3. The monoisotopic (exact) mass is 396 g/mol. The molecule has 1 aliphatic rings. The van der Waals surface area contributed by atoms with Crippen LogP contribution in [0.1, 0.15) is 58.8 Å². The summed E-state index contributed by atoms with van der Waals surface area (Å²) < 4.78 is 6.01. The van der Waals surface area contributed by atoms with Gasteiger partial charge in [0.1, 0.15) is 11.5 Å². The molecule has 1 atom stereocenters. The number of hydrogen-bond acceptors (Lipinski definition) is 3. The third-order valence-corrected chi connectivity index (χ3v) is 5.26. The summed E-state index contributed by atoms with van der Waals surface area (Å²) in [6.45, 7) is 11.6. The molecule has 0 fully saturated rings. The topological polar surface area (TPSA) is 62.6 Å². The van der Waals surface area contributed by atoms with Crippen molar-refractivity contribution in [2.45, 2.75) is 60.4 Å². The molecule has 0 saturated heterocycles. The molecule has 1 aliphatic heterocycles. The lowest BCUT2D eigenvalue weighted by atomic mass is 9.84. The van der Waals surface area contributed by atoms with Gasteiger partial charge in [0.05, 0.1) is 0 Å². The molecule has 0 aliphatic carbocycles. The minimum Gasteiger partial charge on any atom is -0.461 e. The first-order valence-electron chi connectivity index (χ1n) is 10.4. The number of carbonyl (C=O) groups is 2. The Morgan fingerprint density at radius 2 is 1.90 bits per heavy atom. The number of hydrogen-bond donors (Lipinski definition) is 1. The van der Waals surface area contributed by atoms with Crippen LogP contribution in [0.4, 0.5) is 5.69 Å². The normalized spacial score (nSPS) is 15.0. The number of rotatable bonds is 5. The van der Waals surface area contributed by atoms with E-state index in [1.807, 2.05) is 35.2 Å². The fraction of sp³-hybridized carbons (Fsp3) is 0.500. The Morgan fingerprint density at radius 1 is 1.21 bits per heavy atom. The van der Waals surface area contributed by atoms with Gasteiger partial charge in [0.25, 0.3) is 0 Å². The van der Waals surface area contributed by atoms with Gasteiger partial charge in [-0.2, -0.15) is 0 Å². The maximum atomic E-state index is 12.3. The number of nitrogens with one attached hydrogen (secondary N) is 1. The predicted octanol–water partition coefficient (Wildman–Crippen LogP) is 5.25. The van der Waals surface area contributed by atoms with Crippen LogP contribution in [0.2, 0.25) is 0 Å². The molecule has 0 radical (unpaired) electrons. The fourth-order valence-corrected chi connectivity index (χ4v) is 4.11. The Bertz CT molecular complexity index is 875. The van der Waals surface area contributed by atoms with Crippen molar-refractivity contribution in [2.24, 2.45) is 11.3 Å². The second kappa shape index (κ2) is 8.44. The summed E-state index contributed by atoms with van der Waals surface area (Å²) in [6, 6.07) is 9.75. The van der Waals surface area contributed by atoms with E-state index in [1.165, 1.54) is 0 Å². The van der Waals surface area contributed by atoms with Gasteiger partial charge in [-0.25, -0.2) is 0 Å². The van der Waals surface area contributed by atoms with E-state index in [2.05, 4.69) is 33.0 Å². The molecule has 5 nitrogen and oxygen atoms in total. The molecule has 2 aromatic rings. The fourth-order valence-electron chi connectivity index (χ4n) is 4.11. The number of fused-ring (bicyclic) bond motifs is 1. The molecule has 0 saturated carbocycles. The standard InChI is InChI=1S/C24H32N2O3/c1-16(14-24(3,4)5)12-23(28)25-20-8-6-18(7-9-20)22-13-19-15-26(17(2)27)11-10-21(19)29-22/h6-9,13,16H,10-12,14-15H2,1-5H3,(H,25,28). The summed E-state index contributed by atoms with van der Waals surface area (Å²) >= 11 is 0. The van der Waals surface area contributed by atoms with Gasteiger partial charge in [-0.3, -0.25) is 9.59 Å². The van der Waals surface area contributed by atoms with Crippen LogP contribution in [-0.4, -0.2) is 23.3 Å². The average Bonchev–Trinajstić information content (AvgIpc) is 3.03. The van der Waals surface area contributed by atoms with Crippen molar-refractivity contribution in [1.82, 2.24) is 4.90 Å². The zero-order valence-corrected chi connectivity index (χ0v) is 18.2. The molecule has 0 spiro atoms. The lowest BCUT2D eigenvalue weighted by Gasteiger charge is -2.24. The molecular formula is C24H32N2O3. The van der Waals surface area contributed by atoms with Crippen LogP contribution in [0, 0.1) is 11.3 Å². The molecule has 0 bridgehead atoms. The number of benzene rings is 1. The van der Waals surface area contributed by atoms with Gasteiger partial charge in [-0.1, -0.05) is 27.7 Å². The molecular weight excluding hydrogens is 364 g/mol. The lowest BCUT2D eigenvalue weighted by molar-refractivity contribution is -0.129. The van der Waals surface area contributed by atoms with Gasteiger partial charge in [0.15, 0.2) is 0 Å². The van der Waals surface area contributed by atoms with Crippen LogP contribution < -0.4 is 5.32 Å². The average molecular weight is 397 g/mol. The molecule has 1 N–H and O–H groups in total. The first-order valence-corrected chi connectivity index (χ1v) is 10.4. The molecule has 2 heterocycles. The van der Waals surface area contributed by atoms with Crippen molar-refractivity contribution >= 4 is 17.5 Å². The first-order chi connectivity index (χ1) is 13.6. The van der Waals surface area contributed by atoms with Gasteiger partial charge in [0, 0.05) is 49.7 Å². The zero-order chi connectivity index (χ0) is 21.2. The smallest absolute Gasteiger partial charge is 0.224 e. The quantitative estimate of drug-likeness (QED) is 0.750. The Kier molecular flexibility index (Phi) is 6.15. The van der Waals surface area contributed by atoms with Gasteiger partial charge in [0.2, 0.25) is 11.8 Å². The highest BCUT2D eigenvalue weighted by Crippen LogP contribution is 2.30. The molecule has 2 amide bonds. The van der Waals surface area contributed by atoms with Crippen molar-refractivity contribution in [3.05, 3.63) is 41.7 Å². The van der Waals surface area contributed by atoms with Gasteiger partial charge >= 0.3 is 0 Å². The molecule has 1 unspecified atom stereocenters. The van der Waals surface area contributed by atoms with Crippen LogP contribution in [0.25, 0.3) is 11.3 Å². The summed E-state index contributed by atoms with van der Waals surface area (Å²) in [6.07, 6.45) is 2.29. The van der Waals surface area contributed by atoms with Gasteiger partial charge in [-0.05, 0) is 48.1 Å². The minimum absolute atomic E-state index is 0.0484. The second-order valence-corrected chi connectivity index (χ2v) is 9.45. The van der Waals surface area contributed by atoms with Crippen molar-refractivity contribution in [3.63, 3.8) is 0 Å². The maximum absolute atomic E-state index is 12.3. The van der Waals surface area contributed by atoms with E-state index in [4.69, 9.17) is 4.42 Å². The number of carbonyl (C=O) groups excluding carboxylic acids is 2. The van der Waals surface area contributed by atoms with E-state index < -0.39 is 0 Å². The number of furan rings is 1. The summed E-state index contributed by atoms with van der Waals surface area (Å²) in [5.41, 5.74) is 3.06. The first kappa shape index (κ1) is 21.2. The third-order valence-electron chi connectivity index (χ3n) is 5.26. The number of anilines is 1. The van der Waals surface area contributed by atoms with E-state index in [9.17, 15) is 9.59 Å². The van der Waals surface area contributed by atoms with Gasteiger partial charge < -0.3 is 14.6 Å². The highest BCUT2D eigenvalue weighted by molar-refractivity contribution is 5.91. The van der Waals surface area contributed by atoms with E-state index in [-0.39, 0.29) is 17.2 Å². The highest BCUT2D eigenvalue weighted by Gasteiger charge is 2.22. The Morgan fingerprint density at radius 3 is 2.52 bits per heavy atom.